The quantitative estimate of drug-likeness (QED) is 0.764. The van der Waals surface area contributed by atoms with E-state index in [9.17, 15) is 9.59 Å². The number of halogens is 2. The highest BCUT2D eigenvalue weighted by Gasteiger charge is 2.14. The SMILES string of the molecule is O=C(O)Cc1ccccc1Nc1c(Cl)cc(C(=O)O)cc1Cl. The molecule has 7 heteroatoms. The molecular formula is C15H11Cl2NO4. The van der Waals surface area contributed by atoms with Crippen molar-refractivity contribution in [3.8, 4) is 0 Å². The second-order valence-corrected chi connectivity index (χ2v) is 5.29. The van der Waals surface area contributed by atoms with Gasteiger partial charge in [-0.15, -0.1) is 0 Å². The lowest BCUT2D eigenvalue weighted by Crippen LogP contribution is -2.04. The fourth-order valence-electron chi connectivity index (χ4n) is 1.91. The van der Waals surface area contributed by atoms with Gasteiger partial charge in [0.15, 0.2) is 0 Å². The molecule has 2 aromatic carbocycles. The first kappa shape index (κ1) is 16.1. The number of aromatic carboxylic acids is 1. The Hall–Kier alpha value is -2.24. The lowest BCUT2D eigenvalue weighted by Gasteiger charge is -2.14. The molecule has 22 heavy (non-hydrogen) atoms. The highest BCUT2D eigenvalue weighted by Crippen LogP contribution is 2.35. The molecule has 0 aliphatic rings. The molecule has 2 rings (SSSR count). The summed E-state index contributed by atoms with van der Waals surface area (Å²) in [5.41, 5.74) is 1.40. The average molecular weight is 340 g/mol. The van der Waals surface area contributed by atoms with Crippen LogP contribution in [0.2, 0.25) is 10.0 Å². The molecule has 0 aliphatic carbocycles. The highest BCUT2D eigenvalue weighted by molar-refractivity contribution is 6.39. The van der Waals surface area contributed by atoms with Crippen molar-refractivity contribution in [2.24, 2.45) is 0 Å². The van der Waals surface area contributed by atoms with Crippen molar-refractivity contribution < 1.29 is 19.8 Å². The Bertz CT molecular complexity index is 723. The number of nitrogens with one attached hydrogen (secondary N) is 1. The average Bonchev–Trinajstić information content (AvgIpc) is 2.43. The zero-order chi connectivity index (χ0) is 16.3. The van der Waals surface area contributed by atoms with Gasteiger partial charge in [-0.2, -0.15) is 0 Å². The third-order valence-electron chi connectivity index (χ3n) is 2.91. The first-order valence-corrected chi connectivity index (χ1v) is 6.93. The zero-order valence-electron chi connectivity index (χ0n) is 11.1. The summed E-state index contributed by atoms with van der Waals surface area (Å²) in [6.45, 7) is 0. The van der Waals surface area contributed by atoms with E-state index < -0.39 is 11.9 Å². The van der Waals surface area contributed by atoms with Crippen molar-refractivity contribution in [1.82, 2.24) is 0 Å². The Balaban J connectivity index is 2.40. The van der Waals surface area contributed by atoms with Gasteiger partial charge in [0, 0.05) is 5.69 Å². The molecular weight excluding hydrogens is 329 g/mol. The van der Waals surface area contributed by atoms with Crippen LogP contribution in [-0.4, -0.2) is 22.2 Å². The molecule has 3 N–H and O–H groups in total. The van der Waals surface area contributed by atoms with E-state index in [1.807, 2.05) is 0 Å². The van der Waals surface area contributed by atoms with Crippen LogP contribution in [0.1, 0.15) is 15.9 Å². The number of anilines is 2. The van der Waals surface area contributed by atoms with Crippen LogP contribution in [0.4, 0.5) is 11.4 Å². The summed E-state index contributed by atoms with van der Waals surface area (Å²) in [4.78, 5) is 21.8. The summed E-state index contributed by atoms with van der Waals surface area (Å²) < 4.78 is 0. The maximum atomic E-state index is 10.9. The first-order chi connectivity index (χ1) is 10.4. The second-order valence-electron chi connectivity index (χ2n) is 4.47. The Kier molecular flexibility index (Phi) is 4.90. The van der Waals surface area contributed by atoms with E-state index in [1.165, 1.54) is 12.1 Å². The number of benzene rings is 2. The van der Waals surface area contributed by atoms with Crippen molar-refractivity contribution in [2.45, 2.75) is 6.42 Å². The van der Waals surface area contributed by atoms with Crippen LogP contribution in [0.5, 0.6) is 0 Å². The predicted octanol–water partition coefficient (Wildman–Crippen LogP) is 4.06. The molecule has 2 aromatic rings. The number of hydrogen-bond donors (Lipinski definition) is 3. The fraction of sp³-hybridized carbons (Fsp3) is 0.0667. The molecule has 0 amide bonds. The van der Waals surface area contributed by atoms with E-state index in [-0.39, 0.29) is 22.0 Å². The third-order valence-corrected chi connectivity index (χ3v) is 3.50. The molecule has 0 saturated heterocycles. The minimum atomic E-state index is -1.14. The molecule has 0 heterocycles. The van der Waals surface area contributed by atoms with Crippen molar-refractivity contribution >= 4 is 46.5 Å². The minimum Gasteiger partial charge on any atom is -0.481 e. The number of rotatable bonds is 5. The van der Waals surface area contributed by atoms with Gasteiger partial charge in [0.05, 0.1) is 27.7 Å². The number of aliphatic carboxylic acids is 1. The molecule has 114 valence electrons. The largest absolute Gasteiger partial charge is 0.481 e. The monoisotopic (exact) mass is 339 g/mol. The number of para-hydroxylation sites is 1. The summed E-state index contributed by atoms with van der Waals surface area (Å²) in [6.07, 6.45) is -0.161. The summed E-state index contributed by atoms with van der Waals surface area (Å²) in [5.74, 6) is -2.10. The van der Waals surface area contributed by atoms with Crippen molar-refractivity contribution in [2.75, 3.05) is 5.32 Å². The van der Waals surface area contributed by atoms with Crippen molar-refractivity contribution in [3.05, 3.63) is 57.6 Å². The number of hydrogen-bond acceptors (Lipinski definition) is 3. The van der Waals surface area contributed by atoms with Gasteiger partial charge in [-0.1, -0.05) is 41.4 Å². The van der Waals surface area contributed by atoms with Crippen LogP contribution in [0.15, 0.2) is 36.4 Å². The molecule has 0 bridgehead atoms. The van der Waals surface area contributed by atoms with Gasteiger partial charge in [-0.25, -0.2) is 4.79 Å². The van der Waals surface area contributed by atoms with E-state index in [0.29, 0.717) is 16.9 Å². The Labute approximate surface area is 136 Å². The summed E-state index contributed by atoms with van der Waals surface area (Å²) >= 11 is 12.1. The zero-order valence-corrected chi connectivity index (χ0v) is 12.6. The number of carboxylic acids is 2. The van der Waals surface area contributed by atoms with Gasteiger partial charge < -0.3 is 15.5 Å². The van der Waals surface area contributed by atoms with Crippen LogP contribution in [0.3, 0.4) is 0 Å². The summed E-state index contributed by atoms with van der Waals surface area (Å²) in [7, 11) is 0. The lowest BCUT2D eigenvalue weighted by molar-refractivity contribution is -0.136. The van der Waals surface area contributed by atoms with E-state index in [2.05, 4.69) is 5.32 Å². The molecule has 0 fully saturated rings. The third kappa shape index (κ3) is 3.69. The molecule has 0 aliphatic heterocycles. The Morgan fingerprint density at radius 2 is 1.64 bits per heavy atom. The highest BCUT2D eigenvalue weighted by atomic mass is 35.5. The van der Waals surface area contributed by atoms with Crippen molar-refractivity contribution in [3.63, 3.8) is 0 Å². The van der Waals surface area contributed by atoms with E-state index in [4.69, 9.17) is 33.4 Å². The molecule has 0 unspecified atom stereocenters. The molecule has 5 nitrogen and oxygen atoms in total. The molecule has 0 atom stereocenters. The van der Waals surface area contributed by atoms with Crippen LogP contribution in [0, 0.1) is 0 Å². The smallest absolute Gasteiger partial charge is 0.335 e. The molecule has 0 radical (unpaired) electrons. The van der Waals surface area contributed by atoms with E-state index >= 15 is 0 Å². The van der Waals surface area contributed by atoms with Gasteiger partial charge in [-0.05, 0) is 23.8 Å². The van der Waals surface area contributed by atoms with Gasteiger partial charge in [0.25, 0.3) is 0 Å². The normalized spacial score (nSPS) is 10.3. The molecule has 0 saturated carbocycles. The molecule has 0 aromatic heterocycles. The van der Waals surface area contributed by atoms with Gasteiger partial charge >= 0.3 is 11.9 Å². The Morgan fingerprint density at radius 1 is 1.05 bits per heavy atom. The summed E-state index contributed by atoms with van der Waals surface area (Å²) in [6, 6.07) is 9.37. The topological polar surface area (TPSA) is 86.6 Å². The van der Waals surface area contributed by atoms with Crippen LogP contribution < -0.4 is 5.32 Å². The van der Waals surface area contributed by atoms with Crippen LogP contribution in [0.25, 0.3) is 0 Å². The fourth-order valence-corrected chi connectivity index (χ4v) is 2.49. The minimum absolute atomic E-state index is 0.0284. The van der Waals surface area contributed by atoms with Crippen molar-refractivity contribution in [1.29, 1.82) is 0 Å². The number of carbonyl (C=O) groups is 2. The van der Waals surface area contributed by atoms with Gasteiger partial charge in [0.2, 0.25) is 0 Å². The second kappa shape index (κ2) is 6.68. The summed E-state index contributed by atoms with van der Waals surface area (Å²) in [5, 5.41) is 21.1. The first-order valence-electron chi connectivity index (χ1n) is 6.17. The van der Waals surface area contributed by atoms with Crippen LogP contribution >= 0.6 is 23.2 Å². The standard InChI is InChI=1S/C15H11Cl2NO4/c16-10-5-9(15(21)22)6-11(17)14(10)18-12-4-2-1-3-8(12)7-13(19)20/h1-6,18H,7H2,(H,19,20)(H,21,22). The van der Waals surface area contributed by atoms with E-state index in [1.54, 1.807) is 24.3 Å². The van der Waals surface area contributed by atoms with Crippen LogP contribution in [-0.2, 0) is 11.2 Å². The molecule has 0 spiro atoms. The number of carboxylic acid groups (broad SMARTS) is 2. The van der Waals surface area contributed by atoms with E-state index in [0.717, 1.165) is 0 Å². The maximum absolute atomic E-state index is 10.9. The van der Waals surface area contributed by atoms with Gasteiger partial charge in [0.1, 0.15) is 0 Å². The Morgan fingerprint density at radius 3 is 2.18 bits per heavy atom. The van der Waals surface area contributed by atoms with Gasteiger partial charge in [-0.3, -0.25) is 4.79 Å². The predicted molar refractivity (Wildman–Crippen MR) is 84.5 cm³/mol. The maximum Gasteiger partial charge on any atom is 0.335 e. The lowest BCUT2D eigenvalue weighted by atomic mass is 10.1.